The van der Waals surface area contributed by atoms with Crippen molar-refractivity contribution in [2.24, 2.45) is 0 Å². The second-order valence-electron chi connectivity index (χ2n) is 4.65. The van der Waals surface area contributed by atoms with Crippen molar-refractivity contribution < 1.29 is 9.90 Å². The Hall–Kier alpha value is -0.590. The van der Waals surface area contributed by atoms with Gasteiger partial charge in [-0.2, -0.15) is 11.8 Å². The number of carbonyl (C=O) groups is 1. The summed E-state index contributed by atoms with van der Waals surface area (Å²) < 4.78 is 0.381. The monoisotopic (exact) mass is 286 g/mol. The Balaban J connectivity index is 1.82. The van der Waals surface area contributed by atoms with Crippen molar-refractivity contribution in [1.29, 1.82) is 0 Å². The number of carboxylic acids is 1. The van der Waals surface area contributed by atoms with E-state index in [1.807, 2.05) is 17.1 Å². The lowest BCUT2D eigenvalue weighted by molar-refractivity contribution is 0.0696. The van der Waals surface area contributed by atoms with E-state index in [0.717, 1.165) is 12.2 Å². The molecule has 0 radical (unpaired) electrons. The summed E-state index contributed by atoms with van der Waals surface area (Å²) in [5.41, 5.74) is 0.826. The zero-order chi connectivity index (χ0) is 13.0. The molecule has 0 bridgehead atoms. The number of nitrogens with one attached hydrogen (secondary N) is 1. The number of carboxylic acid groups (broad SMARTS) is 1. The smallest absolute Gasteiger partial charge is 0.365 e. The molecule has 0 spiro atoms. The molecule has 2 rings (SSSR count). The summed E-state index contributed by atoms with van der Waals surface area (Å²) in [5, 5.41) is 14.2. The summed E-state index contributed by atoms with van der Waals surface area (Å²) in [7, 11) is 0. The van der Waals surface area contributed by atoms with Crippen molar-refractivity contribution in [2.75, 3.05) is 12.8 Å². The third-order valence-corrected chi connectivity index (χ3v) is 5.73. The van der Waals surface area contributed by atoms with Gasteiger partial charge >= 0.3 is 5.97 Å². The summed E-state index contributed by atoms with van der Waals surface area (Å²) >= 11 is 3.14. The topological polar surface area (TPSA) is 62.2 Å². The van der Waals surface area contributed by atoms with E-state index in [1.165, 1.54) is 37.0 Å². The quantitative estimate of drug-likeness (QED) is 0.841. The molecule has 0 unspecified atom stereocenters. The second kappa shape index (κ2) is 6.04. The lowest BCUT2D eigenvalue weighted by Gasteiger charge is -2.26. The molecule has 100 valence electrons. The number of rotatable bonds is 6. The molecule has 1 aromatic heterocycles. The first kappa shape index (κ1) is 13.8. The fourth-order valence-corrected chi connectivity index (χ4v) is 3.97. The van der Waals surface area contributed by atoms with Crippen molar-refractivity contribution in [2.45, 2.75) is 37.0 Å². The highest BCUT2D eigenvalue weighted by atomic mass is 32.2. The molecule has 0 saturated heterocycles. The highest BCUT2D eigenvalue weighted by molar-refractivity contribution is 8.00. The average Bonchev–Trinajstić information content (AvgIpc) is 2.98. The molecule has 1 saturated carbocycles. The van der Waals surface area contributed by atoms with Crippen LogP contribution in [0, 0.1) is 0 Å². The Bertz CT molecular complexity index is 414. The number of hydrogen-bond donors (Lipinski definition) is 2. The SMILES string of the molecule is CSC1(CNCc2csc(C(=O)O)n2)CCCC1. The molecule has 0 atom stereocenters. The third-order valence-electron chi connectivity index (χ3n) is 3.44. The van der Waals surface area contributed by atoms with Gasteiger partial charge in [0.15, 0.2) is 0 Å². The Morgan fingerprint density at radius 2 is 2.33 bits per heavy atom. The fraction of sp³-hybridized carbons (Fsp3) is 0.667. The van der Waals surface area contributed by atoms with Crippen LogP contribution < -0.4 is 5.32 Å². The van der Waals surface area contributed by atoms with Gasteiger partial charge in [-0.25, -0.2) is 9.78 Å². The minimum Gasteiger partial charge on any atom is -0.476 e. The predicted molar refractivity (Wildman–Crippen MR) is 75.5 cm³/mol. The van der Waals surface area contributed by atoms with Crippen LogP contribution in [-0.4, -0.2) is 33.6 Å². The molecule has 0 aromatic carbocycles. The lowest BCUT2D eigenvalue weighted by atomic mass is 10.1. The van der Waals surface area contributed by atoms with Gasteiger partial charge in [-0.15, -0.1) is 11.3 Å². The Morgan fingerprint density at radius 3 is 2.89 bits per heavy atom. The molecule has 0 amide bonds. The molecule has 1 heterocycles. The van der Waals surface area contributed by atoms with Crippen LogP contribution in [0.1, 0.15) is 41.2 Å². The van der Waals surface area contributed by atoms with Crippen LogP contribution in [0.3, 0.4) is 0 Å². The fourth-order valence-electron chi connectivity index (χ4n) is 2.38. The van der Waals surface area contributed by atoms with Gasteiger partial charge in [0, 0.05) is 23.2 Å². The first-order valence-corrected chi connectivity index (χ1v) is 8.19. The third kappa shape index (κ3) is 3.24. The zero-order valence-electron chi connectivity index (χ0n) is 10.4. The standard InChI is InChI=1S/C12H18N2O2S2/c1-17-12(4-2-3-5-12)8-13-6-9-7-18-10(14-9)11(15)16/h7,13H,2-6,8H2,1H3,(H,15,16). The lowest BCUT2D eigenvalue weighted by Crippen LogP contribution is -2.34. The summed E-state index contributed by atoms with van der Waals surface area (Å²) in [4.78, 5) is 14.8. The molecular weight excluding hydrogens is 268 g/mol. The van der Waals surface area contributed by atoms with Crippen LogP contribution in [0.2, 0.25) is 0 Å². The molecule has 0 aliphatic heterocycles. The Morgan fingerprint density at radius 1 is 1.61 bits per heavy atom. The number of nitrogens with zero attached hydrogens (tertiary/aromatic N) is 1. The van der Waals surface area contributed by atoms with Gasteiger partial charge in [0.1, 0.15) is 0 Å². The molecule has 1 aliphatic rings. The molecule has 1 fully saturated rings. The molecule has 1 aliphatic carbocycles. The van der Waals surface area contributed by atoms with Crippen molar-refractivity contribution >= 4 is 29.1 Å². The van der Waals surface area contributed by atoms with Gasteiger partial charge in [-0.05, 0) is 19.1 Å². The van der Waals surface area contributed by atoms with Crippen LogP contribution in [0.25, 0.3) is 0 Å². The van der Waals surface area contributed by atoms with Gasteiger partial charge in [0.2, 0.25) is 5.01 Å². The maximum atomic E-state index is 10.7. The van der Waals surface area contributed by atoms with Gasteiger partial charge in [-0.1, -0.05) is 12.8 Å². The average molecular weight is 286 g/mol. The minimum atomic E-state index is -0.942. The predicted octanol–water partition coefficient (Wildman–Crippen LogP) is 2.61. The van der Waals surface area contributed by atoms with Crippen molar-refractivity contribution in [1.82, 2.24) is 10.3 Å². The van der Waals surface area contributed by atoms with E-state index in [1.54, 1.807) is 0 Å². The first-order valence-electron chi connectivity index (χ1n) is 6.09. The zero-order valence-corrected chi connectivity index (χ0v) is 12.1. The largest absolute Gasteiger partial charge is 0.476 e. The number of hydrogen-bond acceptors (Lipinski definition) is 5. The highest BCUT2D eigenvalue weighted by Gasteiger charge is 2.32. The number of aromatic nitrogens is 1. The van der Waals surface area contributed by atoms with E-state index >= 15 is 0 Å². The van der Waals surface area contributed by atoms with Crippen molar-refractivity contribution in [3.63, 3.8) is 0 Å². The van der Waals surface area contributed by atoms with Crippen LogP contribution in [0.15, 0.2) is 5.38 Å². The van der Waals surface area contributed by atoms with Gasteiger partial charge in [0.25, 0.3) is 0 Å². The molecule has 2 N–H and O–H groups in total. The van der Waals surface area contributed by atoms with Crippen molar-refractivity contribution in [3.8, 4) is 0 Å². The van der Waals surface area contributed by atoms with Gasteiger partial charge < -0.3 is 10.4 Å². The van der Waals surface area contributed by atoms with E-state index in [0.29, 0.717) is 11.3 Å². The van der Waals surface area contributed by atoms with Gasteiger partial charge in [0.05, 0.1) is 5.69 Å². The van der Waals surface area contributed by atoms with Gasteiger partial charge in [-0.3, -0.25) is 0 Å². The first-order chi connectivity index (χ1) is 8.65. The maximum Gasteiger partial charge on any atom is 0.365 e. The second-order valence-corrected chi connectivity index (χ2v) is 6.78. The van der Waals surface area contributed by atoms with Crippen molar-refractivity contribution in [3.05, 3.63) is 16.1 Å². The maximum absolute atomic E-state index is 10.7. The summed E-state index contributed by atoms with van der Waals surface area (Å²) in [5.74, 6) is -0.942. The van der Waals surface area contributed by atoms with E-state index in [2.05, 4.69) is 16.6 Å². The Labute approximate surface area is 115 Å². The highest BCUT2D eigenvalue weighted by Crippen LogP contribution is 2.39. The minimum absolute atomic E-state index is 0.173. The van der Waals surface area contributed by atoms with E-state index < -0.39 is 5.97 Å². The molecule has 6 heteroatoms. The number of thioether (sulfide) groups is 1. The molecule has 18 heavy (non-hydrogen) atoms. The summed E-state index contributed by atoms with van der Waals surface area (Å²) in [6.07, 6.45) is 7.38. The normalized spacial score (nSPS) is 18.1. The molecular formula is C12H18N2O2S2. The number of thiazole rings is 1. The Kier molecular flexibility index (Phi) is 4.64. The summed E-state index contributed by atoms with van der Waals surface area (Å²) in [6, 6.07) is 0. The molecule has 4 nitrogen and oxygen atoms in total. The van der Waals surface area contributed by atoms with Crippen LogP contribution in [0.4, 0.5) is 0 Å². The van der Waals surface area contributed by atoms with Crippen LogP contribution in [-0.2, 0) is 6.54 Å². The van der Waals surface area contributed by atoms with E-state index in [9.17, 15) is 4.79 Å². The van der Waals surface area contributed by atoms with E-state index in [-0.39, 0.29) is 5.01 Å². The van der Waals surface area contributed by atoms with Crippen LogP contribution in [0.5, 0.6) is 0 Å². The molecule has 1 aromatic rings. The van der Waals surface area contributed by atoms with Crippen LogP contribution >= 0.6 is 23.1 Å². The number of aromatic carboxylic acids is 1. The van der Waals surface area contributed by atoms with E-state index in [4.69, 9.17) is 5.11 Å². The summed E-state index contributed by atoms with van der Waals surface area (Å²) in [6.45, 7) is 1.64.